The van der Waals surface area contributed by atoms with Crippen LogP contribution in [0.15, 0.2) is 18.2 Å². The SMILES string of the molecule is CN(C)CCSCc1cc(F)cc(C#CCCO)c1. The van der Waals surface area contributed by atoms with Crippen LogP contribution in [0.3, 0.4) is 0 Å². The lowest BCUT2D eigenvalue weighted by atomic mass is 10.1. The summed E-state index contributed by atoms with van der Waals surface area (Å²) in [5, 5.41) is 8.66. The fraction of sp³-hybridized carbons (Fsp3) is 0.467. The normalized spacial score (nSPS) is 10.4. The zero-order chi connectivity index (χ0) is 14.1. The zero-order valence-electron chi connectivity index (χ0n) is 11.4. The predicted molar refractivity (Wildman–Crippen MR) is 79.7 cm³/mol. The van der Waals surface area contributed by atoms with E-state index >= 15 is 0 Å². The van der Waals surface area contributed by atoms with E-state index < -0.39 is 0 Å². The van der Waals surface area contributed by atoms with Crippen LogP contribution in [0, 0.1) is 17.7 Å². The number of aliphatic hydroxyl groups is 1. The molecule has 0 saturated heterocycles. The molecule has 1 aromatic carbocycles. The van der Waals surface area contributed by atoms with Gasteiger partial charge in [-0.1, -0.05) is 11.8 Å². The first-order chi connectivity index (χ1) is 9.11. The maximum absolute atomic E-state index is 13.4. The Morgan fingerprint density at radius 1 is 1.32 bits per heavy atom. The highest BCUT2D eigenvalue weighted by atomic mass is 32.2. The Labute approximate surface area is 119 Å². The second kappa shape index (κ2) is 8.98. The number of thioether (sulfide) groups is 1. The molecule has 0 heterocycles. The molecule has 0 fully saturated rings. The van der Waals surface area contributed by atoms with Gasteiger partial charge in [0.2, 0.25) is 0 Å². The highest BCUT2D eigenvalue weighted by Gasteiger charge is 2.00. The van der Waals surface area contributed by atoms with Gasteiger partial charge in [0.25, 0.3) is 0 Å². The maximum atomic E-state index is 13.4. The first-order valence-electron chi connectivity index (χ1n) is 6.23. The number of hydrogen-bond acceptors (Lipinski definition) is 3. The Hall–Kier alpha value is -1.02. The first-order valence-corrected chi connectivity index (χ1v) is 7.39. The number of halogens is 1. The Morgan fingerprint density at radius 2 is 2.11 bits per heavy atom. The van der Waals surface area contributed by atoms with Gasteiger partial charge in [-0.2, -0.15) is 11.8 Å². The molecule has 104 valence electrons. The van der Waals surface area contributed by atoms with E-state index in [2.05, 4.69) is 16.7 Å². The number of rotatable bonds is 6. The van der Waals surface area contributed by atoms with E-state index in [4.69, 9.17) is 5.11 Å². The van der Waals surface area contributed by atoms with Gasteiger partial charge in [0.05, 0.1) is 6.61 Å². The van der Waals surface area contributed by atoms with Gasteiger partial charge in [0.15, 0.2) is 0 Å². The van der Waals surface area contributed by atoms with Crippen molar-refractivity contribution in [3.8, 4) is 11.8 Å². The van der Waals surface area contributed by atoms with Crippen molar-refractivity contribution in [2.24, 2.45) is 0 Å². The maximum Gasteiger partial charge on any atom is 0.124 e. The van der Waals surface area contributed by atoms with Crippen LogP contribution >= 0.6 is 11.8 Å². The van der Waals surface area contributed by atoms with E-state index in [0.717, 1.165) is 23.6 Å². The quantitative estimate of drug-likeness (QED) is 0.639. The van der Waals surface area contributed by atoms with E-state index in [1.165, 1.54) is 6.07 Å². The molecule has 4 heteroatoms. The van der Waals surface area contributed by atoms with Crippen molar-refractivity contribution < 1.29 is 9.50 Å². The standard InChI is InChI=1S/C15H20FNOS/c1-17(2)6-8-19-12-14-9-13(5-3-4-7-18)10-15(16)11-14/h9-11,18H,4,6-8,12H2,1-2H3. The van der Waals surface area contributed by atoms with Crippen LogP contribution in [0.4, 0.5) is 4.39 Å². The molecule has 0 bridgehead atoms. The van der Waals surface area contributed by atoms with E-state index in [1.807, 2.05) is 20.2 Å². The number of benzene rings is 1. The van der Waals surface area contributed by atoms with Gasteiger partial charge in [0.1, 0.15) is 5.82 Å². The molecule has 0 amide bonds. The van der Waals surface area contributed by atoms with Crippen LogP contribution in [0.1, 0.15) is 17.5 Å². The largest absolute Gasteiger partial charge is 0.395 e. The summed E-state index contributed by atoms with van der Waals surface area (Å²) < 4.78 is 13.4. The van der Waals surface area contributed by atoms with Crippen LogP contribution in [0.25, 0.3) is 0 Å². The molecule has 0 atom stereocenters. The van der Waals surface area contributed by atoms with Crippen molar-refractivity contribution >= 4 is 11.8 Å². The lowest BCUT2D eigenvalue weighted by Crippen LogP contribution is -2.14. The van der Waals surface area contributed by atoms with Crippen molar-refractivity contribution in [1.82, 2.24) is 4.90 Å². The number of nitrogens with zero attached hydrogens (tertiary/aromatic N) is 1. The second-order valence-corrected chi connectivity index (χ2v) is 5.58. The molecular weight excluding hydrogens is 261 g/mol. The molecule has 0 unspecified atom stereocenters. The summed E-state index contributed by atoms with van der Waals surface area (Å²) in [5.74, 6) is 7.24. The highest BCUT2D eigenvalue weighted by Crippen LogP contribution is 2.15. The summed E-state index contributed by atoms with van der Waals surface area (Å²) in [6, 6.07) is 4.90. The summed E-state index contributed by atoms with van der Waals surface area (Å²) >= 11 is 1.78. The third-order valence-corrected chi connectivity index (χ3v) is 3.39. The van der Waals surface area contributed by atoms with Crippen molar-refractivity contribution in [3.05, 3.63) is 35.1 Å². The monoisotopic (exact) mass is 281 g/mol. The Balaban J connectivity index is 2.56. The summed E-state index contributed by atoms with van der Waals surface area (Å²) in [4.78, 5) is 2.13. The molecule has 2 nitrogen and oxygen atoms in total. The Kier molecular flexibility index (Phi) is 7.57. The van der Waals surface area contributed by atoms with Gasteiger partial charge in [-0.3, -0.25) is 0 Å². The third kappa shape index (κ3) is 7.22. The predicted octanol–water partition coefficient (Wildman–Crippen LogP) is 2.35. The zero-order valence-corrected chi connectivity index (χ0v) is 12.3. The molecule has 1 aromatic rings. The van der Waals surface area contributed by atoms with Crippen molar-refractivity contribution in [3.63, 3.8) is 0 Å². The minimum atomic E-state index is -0.251. The molecule has 0 aliphatic carbocycles. The summed E-state index contributed by atoms with van der Waals surface area (Å²) in [5.41, 5.74) is 1.63. The minimum Gasteiger partial charge on any atom is -0.395 e. The lowest BCUT2D eigenvalue weighted by molar-refractivity contribution is 0.305. The van der Waals surface area contributed by atoms with E-state index in [0.29, 0.717) is 12.0 Å². The van der Waals surface area contributed by atoms with Crippen molar-refractivity contribution in [2.45, 2.75) is 12.2 Å². The fourth-order valence-electron chi connectivity index (χ4n) is 1.46. The molecule has 0 radical (unpaired) electrons. The van der Waals surface area contributed by atoms with Crippen LogP contribution in [-0.4, -0.2) is 43.0 Å². The first kappa shape index (κ1) is 16.0. The van der Waals surface area contributed by atoms with Gasteiger partial charge in [-0.25, -0.2) is 4.39 Å². The summed E-state index contributed by atoms with van der Waals surface area (Å²) in [6.45, 7) is 1.05. The molecule has 1 N–H and O–H groups in total. The van der Waals surface area contributed by atoms with Gasteiger partial charge in [0, 0.05) is 30.0 Å². The number of aliphatic hydroxyl groups excluding tert-OH is 1. The molecule has 1 rings (SSSR count). The smallest absolute Gasteiger partial charge is 0.124 e. The fourth-order valence-corrected chi connectivity index (χ4v) is 2.50. The van der Waals surface area contributed by atoms with Crippen LogP contribution in [0.5, 0.6) is 0 Å². The average Bonchev–Trinajstić information content (AvgIpc) is 2.34. The van der Waals surface area contributed by atoms with Crippen molar-refractivity contribution in [2.75, 3.05) is 33.0 Å². The highest BCUT2D eigenvalue weighted by molar-refractivity contribution is 7.98. The second-order valence-electron chi connectivity index (χ2n) is 4.48. The molecular formula is C15H20FNOS. The summed E-state index contributed by atoms with van der Waals surface area (Å²) in [6.07, 6.45) is 0.420. The third-order valence-electron chi connectivity index (χ3n) is 2.38. The molecule has 19 heavy (non-hydrogen) atoms. The van der Waals surface area contributed by atoms with Crippen molar-refractivity contribution in [1.29, 1.82) is 0 Å². The van der Waals surface area contributed by atoms with Gasteiger partial charge >= 0.3 is 0 Å². The molecule has 0 spiro atoms. The van der Waals surface area contributed by atoms with Gasteiger partial charge in [-0.15, -0.1) is 0 Å². The van der Waals surface area contributed by atoms with E-state index in [9.17, 15) is 4.39 Å². The number of hydrogen-bond donors (Lipinski definition) is 1. The Morgan fingerprint density at radius 3 is 2.79 bits per heavy atom. The van der Waals surface area contributed by atoms with Crippen LogP contribution in [-0.2, 0) is 5.75 Å². The van der Waals surface area contributed by atoms with Gasteiger partial charge < -0.3 is 10.0 Å². The molecule has 0 aliphatic rings. The average molecular weight is 281 g/mol. The van der Waals surface area contributed by atoms with Crippen LogP contribution in [0.2, 0.25) is 0 Å². The van der Waals surface area contributed by atoms with E-state index in [-0.39, 0.29) is 12.4 Å². The summed E-state index contributed by atoms with van der Waals surface area (Å²) in [7, 11) is 4.08. The molecule has 0 saturated carbocycles. The van der Waals surface area contributed by atoms with Crippen LogP contribution < -0.4 is 0 Å². The lowest BCUT2D eigenvalue weighted by Gasteiger charge is -2.08. The topological polar surface area (TPSA) is 23.5 Å². The van der Waals surface area contributed by atoms with E-state index in [1.54, 1.807) is 17.8 Å². The molecule has 0 aromatic heterocycles. The minimum absolute atomic E-state index is 0.0373. The Bertz CT molecular complexity index is 451. The molecule has 0 aliphatic heterocycles. The van der Waals surface area contributed by atoms with Gasteiger partial charge in [-0.05, 0) is 37.9 Å².